The molecule has 0 aromatic rings. The van der Waals surface area contributed by atoms with Crippen molar-refractivity contribution < 1.29 is 5.11 Å². The minimum Gasteiger partial charge on any atom is -0.393 e. The third-order valence-electron chi connectivity index (χ3n) is 4.25. The van der Waals surface area contributed by atoms with E-state index in [0.717, 1.165) is 12.8 Å². The number of hydrogen-bond acceptors (Lipinski definition) is 1. The lowest BCUT2D eigenvalue weighted by Crippen LogP contribution is -2.15. The minimum atomic E-state index is -0.0972. The molecule has 1 N–H and O–H groups in total. The lowest BCUT2D eigenvalue weighted by atomic mass is 9.83. The molecule has 0 aromatic carbocycles. The maximum atomic E-state index is 9.88. The predicted octanol–water partition coefficient (Wildman–Crippen LogP) is 4.56. The first-order valence-electron chi connectivity index (χ1n) is 7.31. The van der Waals surface area contributed by atoms with Gasteiger partial charge < -0.3 is 5.11 Å². The van der Waals surface area contributed by atoms with Crippen LogP contribution in [0.4, 0.5) is 0 Å². The average Bonchev–Trinajstić information content (AvgIpc) is 2.58. The Hall–Kier alpha value is -0.300. The van der Waals surface area contributed by atoms with E-state index < -0.39 is 0 Å². The van der Waals surface area contributed by atoms with E-state index in [9.17, 15) is 5.11 Å². The first-order valence-corrected chi connectivity index (χ1v) is 7.31. The van der Waals surface area contributed by atoms with Crippen LogP contribution in [0, 0.1) is 17.3 Å². The molecule has 0 amide bonds. The molecule has 1 fully saturated rings. The Morgan fingerprint density at radius 1 is 1.29 bits per heavy atom. The second kappa shape index (κ2) is 6.58. The van der Waals surface area contributed by atoms with Crippen molar-refractivity contribution in [3.8, 4) is 0 Å². The van der Waals surface area contributed by atoms with Crippen molar-refractivity contribution in [1.82, 2.24) is 0 Å². The first kappa shape index (κ1) is 14.8. The molecule has 3 atom stereocenters. The number of hydrogen-bond donors (Lipinski definition) is 1. The zero-order valence-corrected chi connectivity index (χ0v) is 12.1. The van der Waals surface area contributed by atoms with Crippen molar-refractivity contribution in [2.45, 2.75) is 72.3 Å². The van der Waals surface area contributed by atoms with Crippen LogP contribution in [0.15, 0.2) is 12.2 Å². The molecule has 0 saturated heterocycles. The second-order valence-electron chi connectivity index (χ2n) is 6.60. The Morgan fingerprint density at radius 3 is 2.53 bits per heavy atom. The second-order valence-corrected chi connectivity index (χ2v) is 6.60. The van der Waals surface area contributed by atoms with Gasteiger partial charge in [0, 0.05) is 5.92 Å². The quantitative estimate of drug-likeness (QED) is 0.673. The zero-order chi connectivity index (χ0) is 12.9. The SMILES string of the molecule is CCCCC(C)(C)C/C=C/[C@@H]1C(C)CC[C@H]1O. The van der Waals surface area contributed by atoms with Crippen molar-refractivity contribution in [2.24, 2.45) is 17.3 Å². The maximum Gasteiger partial charge on any atom is 0.0605 e. The summed E-state index contributed by atoms with van der Waals surface area (Å²) in [6.07, 6.45) is 11.7. The average molecular weight is 238 g/mol. The predicted molar refractivity (Wildman–Crippen MR) is 75.0 cm³/mol. The third kappa shape index (κ3) is 4.83. The van der Waals surface area contributed by atoms with Crippen LogP contribution in [0.5, 0.6) is 0 Å². The van der Waals surface area contributed by atoms with Crippen LogP contribution in [0.3, 0.4) is 0 Å². The summed E-state index contributed by atoms with van der Waals surface area (Å²) < 4.78 is 0. The van der Waals surface area contributed by atoms with Crippen molar-refractivity contribution >= 4 is 0 Å². The number of allylic oxidation sites excluding steroid dienone is 1. The van der Waals surface area contributed by atoms with Crippen molar-refractivity contribution in [2.75, 3.05) is 0 Å². The van der Waals surface area contributed by atoms with Gasteiger partial charge in [0.05, 0.1) is 6.10 Å². The summed E-state index contributed by atoms with van der Waals surface area (Å²) in [6, 6.07) is 0. The highest BCUT2D eigenvalue weighted by atomic mass is 16.3. The van der Waals surface area contributed by atoms with Gasteiger partial charge in [0.15, 0.2) is 0 Å². The van der Waals surface area contributed by atoms with E-state index in [0.29, 0.717) is 17.3 Å². The largest absolute Gasteiger partial charge is 0.393 e. The lowest BCUT2D eigenvalue weighted by Gasteiger charge is -2.23. The van der Waals surface area contributed by atoms with E-state index in [1.807, 2.05) is 0 Å². The van der Waals surface area contributed by atoms with Gasteiger partial charge in [0.2, 0.25) is 0 Å². The zero-order valence-electron chi connectivity index (χ0n) is 12.1. The lowest BCUT2D eigenvalue weighted by molar-refractivity contribution is 0.143. The van der Waals surface area contributed by atoms with Crippen LogP contribution >= 0.6 is 0 Å². The fourth-order valence-corrected chi connectivity index (χ4v) is 2.82. The van der Waals surface area contributed by atoms with Crippen LogP contribution in [-0.2, 0) is 0 Å². The standard InChI is InChI=1S/C16H30O/c1-5-6-11-16(3,4)12-7-8-14-13(2)9-10-15(14)17/h7-8,13-15,17H,5-6,9-12H2,1-4H3/b8-7+/t13?,14-,15-/m1/s1. The molecule has 1 saturated carbocycles. The van der Waals surface area contributed by atoms with Gasteiger partial charge in [0.1, 0.15) is 0 Å². The Bertz CT molecular complexity index is 232. The molecular formula is C16H30O. The molecule has 1 heteroatoms. The van der Waals surface area contributed by atoms with E-state index >= 15 is 0 Å². The van der Waals surface area contributed by atoms with Gasteiger partial charge in [-0.25, -0.2) is 0 Å². The Morgan fingerprint density at radius 2 is 2.00 bits per heavy atom. The number of unbranched alkanes of at least 4 members (excludes halogenated alkanes) is 1. The van der Waals surface area contributed by atoms with Gasteiger partial charge in [0.25, 0.3) is 0 Å². The summed E-state index contributed by atoms with van der Waals surface area (Å²) in [6.45, 7) is 9.21. The van der Waals surface area contributed by atoms with Crippen molar-refractivity contribution in [1.29, 1.82) is 0 Å². The van der Waals surface area contributed by atoms with E-state index in [1.165, 1.54) is 25.7 Å². The molecular weight excluding hydrogens is 208 g/mol. The van der Waals surface area contributed by atoms with Gasteiger partial charge in [-0.1, -0.05) is 52.7 Å². The molecule has 0 bridgehead atoms. The van der Waals surface area contributed by atoms with Crippen LogP contribution in [0.2, 0.25) is 0 Å². The summed E-state index contributed by atoms with van der Waals surface area (Å²) in [5, 5.41) is 9.88. The molecule has 1 aliphatic rings. The molecule has 1 aliphatic carbocycles. The normalized spacial score (nSPS) is 30.3. The Balaban J connectivity index is 2.38. The summed E-state index contributed by atoms with van der Waals surface area (Å²) in [7, 11) is 0. The van der Waals surface area contributed by atoms with Crippen molar-refractivity contribution in [3.63, 3.8) is 0 Å². The summed E-state index contributed by atoms with van der Waals surface area (Å²) >= 11 is 0. The molecule has 100 valence electrons. The van der Waals surface area contributed by atoms with Crippen LogP contribution in [0.25, 0.3) is 0 Å². The maximum absolute atomic E-state index is 9.88. The fraction of sp³-hybridized carbons (Fsp3) is 0.875. The van der Waals surface area contributed by atoms with Crippen LogP contribution in [-0.4, -0.2) is 11.2 Å². The molecule has 1 nitrogen and oxygen atoms in total. The van der Waals surface area contributed by atoms with Gasteiger partial charge in [-0.2, -0.15) is 0 Å². The smallest absolute Gasteiger partial charge is 0.0605 e. The molecule has 1 rings (SSSR count). The fourth-order valence-electron chi connectivity index (χ4n) is 2.82. The summed E-state index contributed by atoms with van der Waals surface area (Å²) in [5.74, 6) is 1.05. The molecule has 1 unspecified atom stereocenters. The van der Waals surface area contributed by atoms with E-state index in [1.54, 1.807) is 0 Å². The van der Waals surface area contributed by atoms with Gasteiger partial charge in [-0.3, -0.25) is 0 Å². The summed E-state index contributed by atoms with van der Waals surface area (Å²) in [4.78, 5) is 0. The minimum absolute atomic E-state index is 0.0972. The monoisotopic (exact) mass is 238 g/mol. The van der Waals surface area contributed by atoms with Gasteiger partial charge in [-0.15, -0.1) is 0 Å². The first-order chi connectivity index (χ1) is 7.96. The highest BCUT2D eigenvalue weighted by Crippen LogP contribution is 2.34. The van der Waals surface area contributed by atoms with Gasteiger partial charge >= 0.3 is 0 Å². The molecule has 0 radical (unpaired) electrons. The molecule has 0 aliphatic heterocycles. The van der Waals surface area contributed by atoms with E-state index in [-0.39, 0.29) is 6.10 Å². The number of rotatable bonds is 6. The molecule has 0 spiro atoms. The van der Waals surface area contributed by atoms with Crippen LogP contribution in [0.1, 0.15) is 66.2 Å². The molecule has 0 aromatic heterocycles. The Labute approximate surface area is 107 Å². The van der Waals surface area contributed by atoms with E-state index in [2.05, 4.69) is 39.8 Å². The highest BCUT2D eigenvalue weighted by molar-refractivity contribution is 4.99. The number of aliphatic hydroxyl groups excluding tert-OH is 1. The van der Waals surface area contributed by atoms with E-state index in [4.69, 9.17) is 0 Å². The molecule has 17 heavy (non-hydrogen) atoms. The highest BCUT2D eigenvalue weighted by Gasteiger charge is 2.29. The topological polar surface area (TPSA) is 20.2 Å². The molecule has 0 heterocycles. The van der Waals surface area contributed by atoms with Crippen molar-refractivity contribution in [3.05, 3.63) is 12.2 Å². The third-order valence-corrected chi connectivity index (χ3v) is 4.25. The summed E-state index contributed by atoms with van der Waals surface area (Å²) in [5.41, 5.74) is 0.416. The number of aliphatic hydroxyl groups is 1. The van der Waals surface area contributed by atoms with Gasteiger partial charge in [-0.05, 0) is 37.0 Å². The Kier molecular flexibility index (Phi) is 5.72. The van der Waals surface area contributed by atoms with Crippen LogP contribution < -0.4 is 0 Å².